The highest BCUT2D eigenvalue weighted by Gasteiger charge is 2.35. The number of para-hydroxylation sites is 1. The Balaban J connectivity index is 2.41. The number of rotatable bonds is 2. The van der Waals surface area contributed by atoms with Gasteiger partial charge in [-0.15, -0.1) is 0 Å². The van der Waals surface area contributed by atoms with E-state index in [9.17, 15) is 14.9 Å². The number of nitrogens with one attached hydrogen (secondary N) is 1. The van der Waals surface area contributed by atoms with Gasteiger partial charge in [-0.1, -0.05) is 25.1 Å². The maximum Gasteiger partial charge on any atom is 0.228 e. The third kappa shape index (κ3) is 1.76. The molecule has 0 saturated carbocycles. The summed E-state index contributed by atoms with van der Waals surface area (Å²) in [6.45, 7) is 1.52. The van der Waals surface area contributed by atoms with E-state index in [0.29, 0.717) is 5.69 Å². The zero-order valence-electron chi connectivity index (χ0n) is 8.84. The lowest BCUT2D eigenvalue weighted by Crippen LogP contribution is -2.34. The molecule has 1 aliphatic heterocycles. The van der Waals surface area contributed by atoms with Crippen molar-refractivity contribution in [2.24, 2.45) is 5.92 Å². The smallest absolute Gasteiger partial charge is 0.228 e. The normalized spacial score (nSPS) is 23.4. The molecule has 5 nitrogen and oxygen atoms in total. The van der Waals surface area contributed by atoms with Crippen LogP contribution in [0.1, 0.15) is 18.4 Å². The van der Waals surface area contributed by atoms with Crippen molar-refractivity contribution in [1.82, 2.24) is 0 Å². The van der Waals surface area contributed by atoms with Crippen molar-refractivity contribution >= 4 is 11.6 Å². The van der Waals surface area contributed by atoms with Crippen molar-refractivity contribution in [1.29, 1.82) is 0 Å². The monoisotopic (exact) mass is 220 g/mol. The number of hydrogen-bond acceptors (Lipinski definition) is 3. The summed E-state index contributed by atoms with van der Waals surface area (Å²) in [5.74, 6) is -0.842. The zero-order chi connectivity index (χ0) is 11.7. The van der Waals surface area contributed by atoms with Crippen LogP contribution in [0.25, 0.3) is 0 Å². The first-order valence-corrected chi connectivity index (χ1v) is 5.11. The molecule has 0 saturated heterocycles. The van der Waals surface area contributed by atoms with Crippen LogP contribution in [-0.4, -0.2) is 17.4 Å². The molecule has 0 fully saturated rings. The topological polar surface area (TPSA) is 72.2 Å². The minimum absolute atomic E-state index is 0.148. The van der Waals surface area contributed by atoms with Crippen molar-refractivity contribution in [3.8, 4) is 0 Å². The highest BCUT2D eigenvalue weighted by Crippen LogP contribution is 2.35. The number of amides is 1. The molecule has 0 spiro atoms. The number of benzene rings is 1. The molecule has 0 radical (unpaired) electrons. The highest BCUT2D eigenvalue weighted by atomic mass is 16.6. The van der Waals surface area contributed by atoms with Crippen LogP contribution in [0.5, 0.6) is 0 Å². The molecule has 2 atom stereocenters. The summed E-state index contributed by atoms with van der Waals surface area (Å²) in [6, 6.07) is 7.24. The van der Waals surface area contributed by atoms with Crippen molar-refractivity contribution in [3.63, 3.8) is 0 Å². The summed E-state index contributed by atoms with van der Waals surface area (Å²) in [5, 5.41) is 13.4. The largest absolute Gasteiger partial charge is 0.326 e. The average molecular weight is 220 g/mol. The van der Waals surface area contributed by atoms with Crippen molar-refractivity contribution in [3.05, 3.63) is 39.9 Å². The minimum Gasteiger partial charge on any atom is -0.326 e. The van der Waals surface area contributed by atoms with E-state index in [0.717, 1.165) is 5.56 Å². The molecule has 0 aliphatic carbocycles. The third-order valence-corrected chi connectivity index (χ3v) is 2.98. The minimum atomic E-state index is -0.365. The molecule has 1 aliphatic rings. The number of carbonyl (C=O) groups excluding carboxylic acids is 1. The summed E-state index contributed by atoms with van der Waals surface area (Å²) in [5.41, 5.74) is 1.55. The summed E-state index contributed by atoms with van der Waals surface area (Å²) in [4.78, 5) is 21.9. The fourth-order valence-corrected chi connectivity index (χ4v) is 2.05. The number of carbonyl (C=O) groups is 1. The molecule has 1 aromatic carbocycles. The standard InChI is InChI=1S/C11H12N2O3/c1-7-9(6-13(15)16)8-4-2-3-5-10(8)12-11(7)14/h2-5,7,9H,6H2,1H3,(H,12,14)/t7-,9+/m0/s1. The number of hydrogen-bond donors (Lipinski definition) is 1. The fraction of sp³-hybridized carbons (Fsp3) is 0.364. The van der Waals surface area contributed by atoms with E-state index in [1.54, 1.807) is 19.1 Å². The molecule has 1 heterocycles. The first-order chi connectivity index (χ1) is 7.59. The first kappa shape index (κ1) is 10.6. The van der Waals surface area contributed by atoms with Crippen molar-refractivity contribution in [2.75, 3.05) is 11.9 Å². The van der Waals surface area contributed by atoms with Gasteiger partial charge in [0.05, 0.1) is 5.92 Å². The number of anilines is 1. The molecule has 2 rings (SSSR count). The van der Waals surface area contributed by atoms with Crippen LogP contribution in [-0.2, 0) is 4.79 Å². The molecule has 16 heavy (non-hydrogen) atoms. The molecular weight excluding hydrogens is 208 g/mol. The maximum atomic E-state index is 11.6. The second-order valence-electron chi connectivity index (χ2n) is 3.99. The van der Waals surface area contributed by atoms with Gasteiger partial charge in [0.15, 0.2) is 0 Å². The summed E-state index contributed by atoms with van der Waals surface area (Å²) in [6.07, 6.45) is 0. The van der Waals surface area contributed by atoms with E-state index >= 15 is 0 Å². The lowest BCUT2D eigenvalue weighted by atomic mass is 9.83. The predicted molar refractivity (Wildman–Crippen MR) is 58.8 cm³/mol. The first-order valence-electron chi connectivity index (χ1n) is 5.11. The summed E-state index contributed by atoms with van der Waals surface area (Å²) in [7, 11) is 0. The van der Waals surface area contributed by atoms with Gasteiger partial charge < -0.3 is 5.32 Å². The average Bonchev–Trinajstić information content (AvgIpc) is 2.24. The Morgan fingerprint density at radius 3 is 2.81 bits per heavy atom. The Bertz CT molecular complexity index is 445. The van der Waals surface area contributed by atoms with Crippen LogP contribution < -0.4 is 5.32 Å². The molecule has 1 N–H and O–H groups in total. The van der Waals surface area contributed by atoms with Gasteiger partial charge in [0.1, 0.15) is 0 Å². The van der Waals surface area contributed by atoms with Crippen LogP contribution in [0.4, 0.5) is 5.69 Å². The Kier molecular flexibility index (Phi) is 2.60. The Hall–Kier alpha value is -1.91. The van der Waals surface area contributed by atoms with Gasteiger partial charge >= 0.3 is 0 Å². The summed E-state index contributed by atoms with van der Waals surface area (Å²) >= 11 is 0. The molecule has 5 heteroatoms. The molecule has 0 unspecified atom stereocenters. The third-order valence-electron chi connectivity index (χ3n) is 2.98. The maximum absolute atomic E-state index is 11.6. The van der Waals surface area contributed by atoms with Gasteiger partial charge in [0.2, 0.25) is 12.5 Å². The van der Waals surface area contributed by atoms with Crippen LogP contribution >= 0.6 is 0 Å². The van der Waals surface area contributed by atoms with Gasteiger partial charge in [-0.2, -0.15) is 0 Å². The number of fused-ring (bicyclic) bond motifs is 1. The second-order valence-corrected chi connectivity index (χ2v) is 3.99. The lowest BCUT2D eigenvalue weighted by molar-refractivity contribution is -0.484. The van der Waals surface area contributed by atoms with Crippen molar-refractivity contribution < 1.29 is 9.72 Å². The van der Waals surface area contributed by atoms with Gasteiger partial charge in [-0.3, -0.25) is 14.9 Å². The molecule has 1 amide bonds. The molecule has 0 aromatic heterocycles. The number of nitro groups is 1. The van der Waals surface area contributed by atoms with Crippen LogP contribution in [0, 0.1) is 16.0 Å². The van der Waals surface area contributed by atoms with E-state index < -0.39 is 0 Å². The highest BCUT2D eigenvalue weighted by molar-refractivity contribution is 5.96. The van der Waals surface area contributed by atoms with Gasteiger partial charge in [-0.05, 0) is 11.6 Å². The van der Waals surface area contributed by atoms with Crippen LogP contribution in [0.3, 0.4) is 0 Å². The Morgan fingerprint density at radius 2 is 2.12 bits per heavy atom. The van der Waals surface area contributed by atoms with Gasteiger partial charge in [-0.25, -0.2) is 0 Å². The lowest BCUT2D eigenvalue weighted by Gasteiger charge is -2.28. The predicted octanol–water partition coefficient (Wildman–Crippen LogP) is 1.64. The quantitative estimate of drug-likeness (QED) is 0.608. The van der Waals surface area contributed by atoms with E-state index in [1.165, 1.54) is 0 Å². The SMILES string of the molecule is C[C@@H]1C(=O)Nc2ccccc2[C@@H]1C[N+](=O)[O-]. The summed E-state index contributed by atoms with van der Waals surface area (Å²) < 4.78 is 0. The van der Waals surface area contributed by atoms with E-state index in [1.807, 2.05) is 12.1 Å². The zero-order valence-corrected chi connectivity index (χ0v) is 8.84. The molecule has 84 valence electrons. The van der Waals surface area contributed by atoms with E-state index in [-0.39, 0.29) is 29.2 Å². The Morgan fingerprint density at radius 1 is 1.44 bits per heavy atom. The fourth-order valence-electron chi connectivity index (χ4n) is 2.05. The van der Waals surface area contributed by atoms with Crippen LogP contribution in [0.2, 0.25) is 0 Å². The van der Waals surface area contributed by atoms with Crippen LogP contribution in [0.15, 0.2) is 24.3 Å². The van der Waals surface area contributed by atoms with Gasteiger partial charge in [0, 0.05) is 16.5 Å². The number of nitrogens with zero attached hydrogens (tertiary/aromatic N) is 1. The van der Waals surface area contributed by atoms with E-state index in [4.69, 9.17) is 0 Å². The van der Waals surface area contributed by atoms with Gasteiger partial charge in [0.25, 0.3) is 0 Å². The van der Waals surface area contributed by atoms with E-state index in [2.05, 4.69) is 5.32 Å². The Labute approximate surface area is 92.6 Å². The second kappa shape index (κ2) is 3.92. The molecular formula is C11H12N2O3. The molecule has 1 aromatic rings. The van der Waals surface area contributed by atoms with Crippen molar-refractivity contribution in [2.45, 2.75) is 12.8 Å². The molecule has 0 bridgehead atoms.